The fraction of sp³-hybridized carbons (Fsp3) is 0.769. The fourth-order valence-corrected chi connectivity index (χ4v) is 2.39. The molecule has 1 rings (SSSR count). The Kier molecular flexibility index (Phi) is 4.91. The summed E-state index contributed by atoms with van der Waals surface area (Å²) < 4.78 is 0. The second-order valence-electron chi connectivity index (χ2n) is 5.02. The molecule has 1 unspecified atom stereocenters. The highest BCUT2D eigenvalue weighted by molar-refractivity contribution is 5.90. The Bertz CT molecular complexity index is 377. The number of piperazine rings is 1. The normalized spacial score (nSPS) is 20.1. The van der Waals surface area contributed by atoms with Crippen LogP contribution in [0.3, 0.4) is 0 Å². The Hall–Kier alpha value is -1.59. The van der Waals surface area contributed by atoms with E-state index in [1.165, 1.54) is 4.90 Å². The Morgan fingerprint density at radius 2 is 2.00 bits per heavy atom. The van der Waals surface area contributed by atoms with Crippen molar-refractivity contribution in [1.82, 2.24) is 10.2 Å². The van der Waals surface area contributed by atoms with E-state index < -0.39 is 17.4 Å². The molecule has 0 spiro atoms. The third-order valence-corrected chi connectivity index (χ3v) is 4.12. The molecule has 0 radical (unpaired) electrons. The number of carbonyl (C=O) groups excluding carboxylic acids is 2. The van der Waals surface area contributed by atoms with Crippen molar-refractivity contribution in [3.63, 3.8) is 0 Å². The molecular weight excluding hydrogens is 248 g/mol. The first-order valence-electron chi connectivity index (χ1n) is 6.68. The fourth-order valence-electron chi connectivity index (χ4n) is 2.39. The zero-order chi connectivity index (χ0) is 14.6. The highest BCUT2D eigenvalue weighted by atomic mass is 16.4. The monoisotopic (exact) mass is 270 g/mol. The average molecular weight is 270 g/mol. The number of carbonyl (C=O) groups is 3. The lowest BCUT2D eigenvalue weighted by atomic mass is 9.78. The smallest absolute Gasteiger partial charge is 0.310 e. The SMILES string of the molecule is CCC(CC)(CC(=O)N1CCNC(=O)C1C)C(=O)O. The summed E-state index contributed by atoms with van der Waals surface area (Å²) in [4.78, 5) is 36.7. The van der Waals surface area contributed by atoms with Gasteiger partial charge in [0.25, 0.3) is 0 Å². The number of aliphatic carboxylic acids is 1. The number of hydrogen-bond acceptors (Lipinski definition) is 3. The highest BCUT2D eigenvalue weighted by Gasteiger charge is 2.40. The topological polar surface area (TPSA) is 86.7 Å². The minimum absolute atomic E-state index is 0.0487. The van der Waals surface area contributed by atoms with Gasteiger partial charge in [0.2, 0.25) is 11.8 Å². The van der Waals surface area contributed by atoms with Crippen LogP contribution in [0.5, 0.6) is 0 Å². The van der Waals surface area contributed by atoms with E-state index in [0.29, 0.717) is 25.9 Å². The van der Waals surface area contributed by atoms with Gasteiger partial charge in [-0.3, -0.25) is 14.4 Å². The molecular formula is C13H22N2O4. The van der Waals surface area contributed by atoms with E-state index >= 15 is 0 Å². The maximum atomic E-state index is 12.3. The summed E-state index contributed by atoms with van der Waals surface area (Å²) in [5, 5.41) is 12.0. The minimum atomic E-state index is -1.02. The maximum absolute atomic E-state index is 12.3. The third kappa shape index (κ3) is 3.05. The zero-order valence-electron chi connectivity index (χ0n) is 11.7. The van der Waals surface area contributed by atoms with E-state index in [0.717, 1.165) is 0 Å². The standard InChI is InChI=1S/C13H22N2O4/c1-4-13(5-2,12(18)19)8-10(16)15-7-6-14-11(17)9(15)3/h9H,4-8H2,1-3H3,(H,14,17)(H,18,19). The van der Waals surface area contributed by atoms with Crippen molar-refractivity contribution < 1.29 is 19.5 Å². The summed E-state index contributed by atoms with van der Waals surface area (Å²) >= 11 is 0. The first-order valence-corrected chi connectivity index (χ1v) is 6.68. The van der Waals surface area contributed by atoms with E-state index in [1.54, 1.807) is 20.8 Å². The number of carboxylic acids is 1. The van der Waals surface area contributed by atoms with Crippen LogP contribution in [0.4, 0.5) is 0 Å². The number of nitrogens with zero attached hydrogens (tertiary/aromatic N) is 1. The summed E-state index contributed by atoms with van der Waals surface area (Å²) in [6.45, 7) is 6.07. The van der Waals surface area contributed by atoms with Gasteiger partial charge in [0.1, 0.15) is 6.04 Å². The van der Waals surface area contributed by atoms with Gasteiger partial charge in [0.15, 0.2) is 0 Å². The summed E-state index contributed by atoms with van der Waals surface area (Å²) in [6, 6.07) is -0.526. The molecule has 108 valence electrons. The van der Waals surface area contributed by atoms with Crippen molar-refractivity contribution >= 4 is 17.8 Å². The van der Waals surface area contributed by atoms with Gasteiger partial charge in [-0.05, 0) is 19.8 Å². The van der Waals surface area contributed by atoms with Gasteiger partial charge in [0.05, 0.1) is 5.41 Å². The van der Waals surface area contributed by atoms with Crippen molar-refractivity contribution in [1.29, 1.82) is 0 Å². The first-order chi connectivity index (χ1) is 8.88. The molecule has 1 fully saturated rings. The molecule has 6 nitrogen and oxygen atoms in total. The molecule has 0 bridgehead atoms. The number of nitrogens with one attached hydrogen (secondary N) is 1. The summed E-state index contributed by atoms with van der Waals surface area (Å²) in [6.07, 6.45) is 0.755. The van der Waals surface area contributed by atoms with Crippen LogP contribution in [0.15, 0.2) is 0 Å². The minimum Gasteiger partial charge on any atom is -0.481 e. The molecule has 6 heteroatoms. The van der Waals surface area contributed by atoms with Crippen molar-refractivity contribution in [2.24, 2.45) is 5.41 Å². The number of rotatable bonds is 5. The molecule has 0 aromatic carbocycles. The zero-order valence-corrected chi connectivity index (χ0v) is 11.7. The van der Waals surface area contributed by atoms with Crippen LogP contribution < -0.4 is 5.32 Å². The number of carboxylic acid groups (broad SMARTS) is 1. The Balaban J connectivity index is 2.82. The molecule has 0 aromatic heterocycles. The second kappa shape index (κ2) is 6.04. The molecule has 1 aliphatic heterocycles. The molecule has 1 saturated heterocycles. The van der Waals surface area contributed by atoms with Gasteiger partial charge in [-0.2, -0.15) is 0 Å². The molecule has 1 aliphatic rings. The molecule has 19 heavy (non-hydrogen) atoms. The predicted molar refractivity (Wildman–Crippen MR) is 69.5 cm³/mol. The van der Waals surface area contributed by atoms with Gasteiger partial charge in [0, 0.05) is 19.5 Å². The van der Waals surface area contributed by atoms with Crippen LogP contribution >= 0.6 is 0 Å². The lowest BCUT2D eigenvalue weighted by Gasteiger charge is -2.35. The van der Waals surface area contributed by atoms with Crippen LogP contribution in [-0.2, 0) is 14.4 Å². The Morgan fingerprint density at radius 1 is 1.42 bits per heavy atom. The molecule has 0 saturated carbocycles. The van der Waals surface area contributed by atoms with E-state index in [9.17, 15) is 19.5 Å². The van der Waals surface area contributed by atoms with E-state index in [-0.39, 0.29) is 18.2 Å². The summed E-state index contributed by atoms with van der Waals surface area (Å²) in [7, 11) is 0. The van der Waals surface area contributed by atoms with E-state index in [1.807, 2.05) is 0 Å². The Morgan fingerprint density at radius 3 is 2.47 bits per heavy atom. The average Bonchev–Trinajstić information content (AvgIpc) is 2.38. The van der Waals surface area contributed by atoms with Crippen molar-refractivity contribution in [3.05, 3.63) is 0 Å². The lowest BCUT2D eigenvalue weighted by molar-refractivity contribution is -0.156. The van der Waals surface area contributed by atoms with Crippen molar-refractivity contribution in [2.45, 2.75) is 46.1 Å². The maximum Gasteiger partial charge on any atom is 0.310 e. The number of hydrogen-bond donors (Lipinski definition) is 2. The molecule has 2 N–H and O–H groups in total. The first kappa shape index (κ1) is 15.5. The van der Waals surface area contributed by atoms with E-state index in [2.05, 4.69) is 5.32 Å². The van der Waals surface area contributed by atoms with Gasteiger partial charge >= 0.3 is 5.97 Å². The quantitative estimate of drug-likeness (QED) is 0.766. The largest absolute Gasteiger partial charge is 0.481 e. The number of amides is 2. The summed E-state index contributed by atoms with van der Waals surface area (Å²) in [5.41, 5.74) is -1.02. The molecule has 1 heterocycles. The molecule has 0 aromatic rings. The van der Waals surface area contributed by atoms with Crippen LogP contribution in [0.2, 0.25) is 0 Å². The predicted octanol–water partition coefficient (Wildman–Crippen LogP) is 0.614. The third-order valence-electron chi connectivity index (χ3n) is 4.12. The lowest BCUT2D eigenvalue weighted by Crippen LogP contribution is -2.56. The van der Waals surface area contributed by atoms with Crippen molar-refractivity contribution in [2.75, 3.05) is 13.1 Å². The van der Waals surface area contributed by atoms with Crippen molar-refractivity contribution in [3.8, 4) is 0 Å². The van der Waals surface area contributed by atoms with Gasteiger partial charge in [-0.25, -0.2) is 0 Å². The van der Waals surface area contributed by atoms with Crippen LogP contribution in [0.25, 0.3) is 0 Å². The van der Waals surface area contributed by atoms with Crippen LogP contribution in [-0.4, -0.2) is 46.9 Å². The van der Waals surface area contributed by atoms with Crippen LogP contribution in [0, 0.1) is 5.41 Å². The Labute approximate surface area is 113 Å². The van der Waals surface area contributed by atoms with Gasteiger partial charge in [-0.1, -0.05) is 13.8 Å². The van der Waals surface area contributed by atoms with E-state index in [4.69, 9.17) is 0 Å². The highest BCUT2D eigenvalue weighted by Crippen LogP contribution is 2.32. The molecule has 0 aliphatic carbocycles. The van der Waals surface area contributed by atoms with Gasteiger partial charge in [-0.15, -0.1) is 0 Å². The molecule has 1 atom stereocenters. The van der Waals surface area contributed by atoms with Gasteiger partial charge < -0.3 is 15.3 Å². The van der Waals surface area contributed by atoms with Crippen LogP contribution in [0.1, 0.15) is 40.0 Å². The molecule has 2 amide bonds. The second-order valence-corrected chi connectivity index (χ2v) is 5.02. The summed E-state index contributed by atoms with van der Waals surface area (Å²) in [5.74, 6) is -1.39.